The third-order valence-corrected chi connectivity index (χ3v) is 5.34. The van der Waals surface area contributed by atoms with Gasteiger partial charge in [-0.1, -0.05) is 5.16 Å². The molecule has 0 unspecified atom stereocenters. The molecular formula is C13H19N5O6S. The maximum Gasteiger partial charge on any atom is 0.418 e. The standard InChI is InChI=1S/C13H19N5O6S/c19-13-17-6-3-9(10(7-17)18(13)24-25(20,21)22)12-15-11(16-23-12)8-1-4-14-5-2-8/h8-10,14H,1-7H2,(H,20,21,22)/t9-,10+/m1/s1. The summed E-state index contributed by atoms with van der Waals surface area (Å²) in [7, 11) is -4.79. The van der Waals surface area contributed by atoms with E-state index in [0.29, 0.717) is 29.7 Å². The van der Waals surface area contributed by atoms with Gasteiger partial charge in [0.05, 0.1) is 12.0 Å². The molecule has 11 nitrogen and oxygen atoms in total. The van der Waals surface area contributed by atoms with Crippen molar-refractivity contribution in [3.8, 4) is 0 Å². The van der Waals surface area contributed by atoms with Gasteiger partial charge in [-0.3, -0.25) is 4.55 Å². The summed E-state index contributed by atoms with van der Waals surface area (Å²) in [6, 6.07) is -1.20. The topological polar surface area (TPSA) is 138 Å². The second kappa shape index (κ2) is 6.20. The zero-order valence-electron chi connectivity index (χ0n) is 13.4. The number of nitrogens with zero attached hydrogens (tertiary/aromatic N) is 4. The molecule has 3 aliphatic rings. The molecule has 0 radical (unpaired) electrons. The van der Waals surface area contributed by atoms with Crippen LogP contribution in [-0.4, -0.2) is 71.3 Å². The highest BCUT2D eigenvalue weighted by atomic mass is 32.3. The molecule has 0 aromatic carbocycles. The Morgan fingerprint density at radius 2 is 2.04 bits per heavy atom. The molecule has 0 aliphatic carbocycles. The van der Waals surface area contributed by atoms with Crippen LogP contribution in [0.15, 0.2) is 4.52 Å². The molecule has 3 aliphatic heterocycles. The molecule has 4 heterocycles. The van der Waals surface area contributed by atoms with E-state index in [1.807, 2.05) is 0 Å². The van der Waals surface area contributed by atoms with Gasteiger partial charge in [0.25, 0.3) is 0 Å². The molecule has 0 spiro atoms. The van der Waals surface area contributed by atoms with Crippen molar-refractivity contribution in [1.82, 2.24) is 25.4 Å². The van der Waals surface area contributed by atoms with Crippen LogP contribution in [0.1, 0.15) is 42.8 Å². The minimum absolute atomic E-state index is 0.231. The summed E-state index contributed by atoms with van der Waals surface area (Å²) in [5.41, 5.74) is 0. The third kappa shape index (κ3) is 3.21. The van der Waals surface area contributed by atoms with E-state index < -0.39 is 22.5 Å². The van der Waals surface area contributed by atoms with Gasteiger partial charge in [-0.05, 0) is 32.4 Å². The van der Waals surface area contributed by atoms with Crippen LogP contribution in [0.3, 0.4) is 0 Å². The molecule has 1 aromatic heterocycles. The third-order valence-electron chi connectivity index (χ3n) is 5.00. The fourth-order valence-corrected chi connectivity index (χ4v) is 4.12. The minimum atomic E-state index is -4.79. The van der Waals surface area contributed by atoms with Gasteiger partial charge in [-0.25, -0.2) is 4.79 Å². The summed E-state index contributed by atoms with van der Waals surface area (Å²) in [5.74, 6) is 0.906. The molecule has 25 heavy (non-hydrogen) atoms. The Labute approximate surface area is 144 Å². The van der Waals surface area contributed by atoms with Crippen molar-refractivity contribution in [3.63, 3.8) is 0 Å². The second-order valence-corrected chi connectivity index (χ2v) is 7.54. The maximum atomic E-state index is 12.2. The SMILES string of the molecule is O=C1N2CC[C@@H](c3nc(C4CCNCC4)no3)[C@H](C2)N1OS(=O)(=O)O. The fourth-order valence-electron chi connectivity index (χ4n) is 3.74. The number of urea groups is 1. The number of hydrogen-bond donors (Lipinski definition) is 2. The van der Waals surface area contributed by atoms with Crippen molar-refractivity contribution in [2.45, 2.75) is 37.1 Å². The number of fused-ring (bicyclic) bond motifs is 2. The van der Waals surface area contributed by atoms with Gasteiger partial charge < -0.3 is 14.7 Å². The maximum absolute atomic E-state index is 12.2. The first-order valence-electron chi connectivity index (χ1n) is 8.22. The van der Waals surface area contributed by atoms with Crippen LogP contribution in [0.4, 0.5) is 4.79 Å². The van der Waals surface area contributed by atoms with Crippen LogP contribution < -0.4 is 5.32 Å². The van der Waals surface area contributed by atoms with Crippen molar-refractivity contribution < 1.29 is 26.6 Å². The van der Waals surface area contributed by atoms with Crippen molar-refractivity contribution in [2.75, 3.05) is 26.2 Å². The van der Waals surface area contributed by atoms with E-state index in [9.17, 15) is 13.2 Å². The zero-order valence-corrected chi connectivity index (χ0v) is 14.2. The molecule has 2 bridgehead atoms. The molecule has 2 atom stereocenters. The van der Waals surface area contributed by atoms with Gasteiger partial charge in [0.1, 0.15) is 0 Å². The second-order valence-electron chi connectivity index (χ2n) is 6.53. The molecular weight excluding hydrogens is 354 g/mol. The van der Waals surface area contributed by atoms with Crippen LogP contribution in [-0.2, 0) is 14.7 Å². The summed E-state index contributed by atoms with van der Waals surface area (Å²) in [5, 5.41) is 8.05. The lowest BCUT2D eigenvalue weighted by atomic mass is 9.93. The van der Waals surface area contributed by atoms with Crippen molar-refractivity contribution in [3.05, 3.63) is 11.7 Å². The Kier molecular flexibility index (Phi) is 4.14. The Balaban J connectivity index is 1.56. The average Bonchev–Trinajstić information content (AvgIpc) is 3.16. The Morgan fingerprint density at radius 1 is 1.28 bits per heavy atom. The molecule has 1 aromatic rings. The van der Waals surface area contributed by atoms with E-state index in [1.165, 1.54) is 4.90 Å². The van der Waals surface area contributed by atoms with Crippen LogP contribution in [0.25, 0.3) is 0 Å². The van der Waals surface area contributed by atoms with Crippen molar-refractivity contribution in [2.24, 2.45) is 0 Å². The summed E-state index contributed by atoms with van der Waals surface area (Å²) >= 11 is 0. The van der Waals surface area contributed by atoms with E-state index in [1.54, 1.807) is 0 Å². The van der Waals surface area contributed by atoms with Crippen LogP contribution in [0.5, 0.6) is 0 Å². The molecule has 3 saturated heterocycles. The van der Waals surface area contributed by atoms with E-state index in [-0.39, 0.29) is 18.4 Å². The quantitative estimate of drug-likeness (QED) is 0.691. The molecule has 2 N–H and O–H groups in total. The van der Waals surface area contributed by atoms with E-state index >= 15 is 0 Å². The highest BCUT2D eigenvalue weighted by Gasteiger charge is 2.50. The zero-order chi connectivity index (χ0) is 17.6. The number of amides is 2. The first-order valence-corrected chi connectivity index (χ1v) is 9.58. The van der Waals surface area contributed by atoms with Crippen LogP contribution >= 0.6 is 0 Å². The lowest BCUT2D eigenvalue weighted by molar-refractivity contribution is -0.0396. The van der Waals surface area contributed by atoms with Crippen molar-refractivity contribution >= 4 is 16.4 Å². The van der Waals surface area contributed by atoms with Gasteiger partial charge in [0, 0.05) is 19.0 Å². The summed E-state index contributed by atoms with van der Waals surface area (Å²) in [6.45, 7) is 2.51. The number of rotatable bonds is 4. The first kappa shape index (κ1) is 16.7. The highest BCUT2D eigenvalue weighted by molar-refractivity contribution is 7.80. The number of piperidine rings is 2. The van der Waals surface area contributed by atoms with E-state index in [4.69, 9.17) is 9.08 Å². The normalized spacial score (nSPS) is 28.0. The summed E-state index contributed by atoms with van der Waals surface area (Å²) in [4.78, 5) is 18.1. The lowest BCUT2D eigenvalue weighted by Gasteiger charge is -2.27. The van der Waals surface area contributed by atoms with Crippen LogP contribution in [0.2, 0.25) is 0 Å². The monoisotopic (exact) mass is 373 g/mol. The Hall–Kier alpha value is -1.76. The molecule has 3 fully saturated rings. The number of hydrogen-bond acceptors (Lipinski definition) is 8. The predicted molar refractivity (Wildman–Crippen MR) is 81.7 cm³/mol. The molecule has 2 amide bonds. The van der Waals surface area contributed by atoms with E-state index in [2.05, 4.69) is 19.7 Å². The van der Waals surface area contributed by atoms with E-state index in [0.717, 1.165) is 25.9 Å². The molecule has 138 valence electrons. The van der Waals surface area contributed by atoms with Crippen LogP contribution in [0, 0.1) is 0 Å². The van der Waals surface area contributed by atoms with Gasteiger partial charge in [-0.2, -0.15) is 18.5 Å². The number of nitrogens with one attached hydrogen (secondary N) is 1. The fraction of sp³-hybridized carbons (Fsp3) is 0.769. The number of carbonyl (C=O) groups excluding carboxylic acids is 1. The smallest absolute Gasteiger partial charge is 0.339 e. The summed E-state index contributed by atoms with van der Waals surface area (Å²) < 4.78 is 40.9. The first-order chi connectivity index (χ1) is 11.9. The summed E-state index contributed by atoms with van der Waals surface area (Å²) in [6.07, 6.45) is 2.41. The van der Waals surface area contributed by atoms with Gasteiger partial charge in [0.15, 0.2) is 5.82 Å². The number of hydroxylamine groups is 2. The average molecular weight is 373 g/mol. The molecule has 4 rings (SSSR count). The predicted octanol–water partition coefficient (Wildman–Crippen LogP) is -0.135. The Bertz CT molecular complexity index is 761. The van der Waals surface area contributed by atoms with Gasteiger partial charge in [0.2, 0.25) is 5.89 Å². The number of aromatic nitrogens is 2. The highest BCUT2D eigenvalue weighted by Crippen LogP contribution is 2.37. The molecule has 0 saturated carbocycles. The minimum Gasteiger partial charge on any atom is -0.339 e. The van der Waals surface area contributed by atoms with Gasteiger partial charge >= 0.3 is 16.4 Å². The van der Waals surface area contributed by atoms with Crippen molar-refractivity contribution in [1.29, 1.82) is 0 Å². The molecule has 12 heteroatoms. The lowest BCUT2D eigenvalue weighted by Crippen LogP contribution is -2.39. The van der Waals surface area contributed by atoms with Gasteiger partial charge in [-0.15, -0.1) is 4.28 Å². The largest absolute Gasteiger partial charge is 0.418 e. The number of carbonyl (C=O) groups is 1. The Morgan fingerprint density at radius 3 is 2.76 bits per heavy atom.